The molecule has 8 heteroatoms. The first-order valence-electron chi connectivity index (χ1n) is 10.9. The first kappa shape index (κ1) is 23.1. The Morgan fingerprint density at radius 2 is 1.87 bits per heavy atom. The van der Waals surface area contributed by atoms with Crippen molar-refractivity contribution < 1.29 is 14.2 Å². The lowest BCUT2D eigenvalue weighted by atomic mass is 10.1. The van der Waals surface area contributed by atoms with Gasteiger partial charge in [0.15, 0.2) is 17.5 Å². The number of guanidine groups is 1. The molecule has 1 aliphatic rings. The van der Waals surface area contributed by atoms with Crippen LogP contribution >= 0.6 is 11.3 Å². The largest absolute Gasteiger partial charge is 0.493 e. The van der Waals surface area contributed by atoms with E-state index in [1.165, 1.54) is 5.00 Å². The van der Waals surface area contributed by atoms with Gasteiger partial charge in [-0.3, -0.25) is 0 Å². The quantitative estimate of drug-likeness (QED) is 0.450. The predicted octanol–water partition coefficient (Wildman–Crippen LogP) is 3.89. The SMILES string of the molecule is CCNC(=NCc1cc(OC)c(OCC)c(OC)c1)NC1CCN(c2cccs2)CC1. The Bertz CT molecular complexity index is 808. The maximum Gasteiger partial charge on any atom is 0.203 e. The average Bonchev–Trinajstić information content (AvgIpc) is 3.33. The van der Waals surface area contributed by atoms with Crippen LogP contribution in [-0.4, -0.2) is 52.5 Å². The van der Waals surface area contributed by atoms with E-state index in [-0.39, 0.29) is 0 Å². The van der Waals surface area contributed by atoms with Gasteiger partial charge in [0.2, 0.25) is 5.75 Å². The van der Waals surface area contributed by atoms with Crippen LogP contribution in [0.1, 0.15) is 32.3 Å². The molecule has 0 radical (unpaired) electrons. The van der Waals surface area contributed by atoms with Gasteiger partial charge in [0, 0.05) is 25.7 Å². The number of benzene rings is 1. The molecule has 1 fully saturated rings. The van der Waals surface area contributed by atoms with Gasteiger partial charge in [0.05, 0.1) is 32.4 Å². The highest BCUT2D eigenvalue weighted by Gasteiger charge is 2.21. The van der Waals surface area contributed by atoms with Crippen LogP contribution < -0.4 is 29.7 Å². The number of nitrogens with one attached hydrogen (secondary N) is 2. The molecule has 2 heterocycles. The van der Waals surface area contributed by atoms with Crippen molar-refractivity contribution in [3.8, 4) is 17.2 Å². The maximum absolute atomic E-state index is 5.69. The lowest BCUT2D eigenvalue weighted by molar-refractivity contribution is 0.288. The van der Waals surface area contributed by atoms with Crippen molar-refractivity contribution in [1.29, 1.82) is 0 Å². The van der Waals surface area contributed by atoms with Gasteiger partial charge < -0.3 is 29.7 Å². The van der Waals surface area contributed by atoms with Crippen LogP contribution in [0, 0.1) is 0 Å². The third kappa shape index (κ3) is 6.19. The number of hydrogen-bond acceptors (Lipinski definition) is 6. The van der Waals surface area contributed by atoms with Crippen molar-refractivity contribution in [2.24, 2.45) is 4.99 Å². The topological polar surface area (TPSA) is 67.4 Å². The lowest BCUT2D eigenvalue weighted by Crippen LogP contribution is -2.48. The zero-order valence-corrected chi connectivity index (χ0v) is 19.8. The smallest absolute Gasteiger partial charge is 0.203 e. The average molecular weight is 447 g/mol. The first-order chi connectivity index (χ1) is 15.2. The van der Waals surface area contributed by atoms with Crippen molar-refractivity contribution in [2.45, 2.75) is 39.3 Å². The van der Waals surface area contributed by atoms with E-state index in [9.17, 15) is 0 Å². The van der Waals surface area contributed by atoms with E-state index in [1.807, 2.05) is 30.4 Å². The maximum atomic E-state index is 5.69. The predicted molar refractivity (Wildman–Crippen MR) is 128 cm³/mol. The molecular formula is C23H34N4O3S. The number of methoxy groups -OCH3 is 2. The molecule has 0 unspecified atom stereocenters. The van der Waals surface area contributed by atoms with Gasteiger partial charge in [0.25, 0.3) is 0 Å². The molecule has 0 aliphatic carbocycles. The minimum absolute atomic E-state index is 0.415. The number of hydrogen-bond donors (Lipinski definition) is 2. The Balaban J connectivity index is 1.64. The van der Waals surface area contributed by atoms with Gasteiger partial charge >= 0.3 is 0 Å². The van der Waals surface area contributed by atoms with Gasteiger partial charge in [-0.25, -0.2) is 4.99 Å². The molecule has 31 heavy (non-hydrogen) atoms. The Morgan fingerprint density at radius 1 is 1.16 bits per heavy atom. The number of anilines is 1. The highest BCUT2D eigenvalue weighted by atomic mass is 32.1. The summed E-state index contributed by atoms with van der Waals surface area (Å²) in [5, 5.41) is 10.5. The number of ether oxygens (including phenoxy) is 3. The van der Waals surface area contributed by atoms with E-state index in [0.717, 1.165) is 44.0 Å². The molecule has 0 atom stereocenters. The van der Waals surface area contributed by atoms with Crippen LogP contribution in [0.3, 0.4) is 0 Å². The summed E-state index contributed by atoms with van der Waals surface area (Å²) in [6.45, 7) is 8.02. The normalized spacial score (nSPS) is 15.0. The zero-order valence-electron chi connectivity index (χ0n) is 18.9. The van der Waals surface area contributed by atoms with Gasteiger partial charge in [-0.05, 0) is 61.9 Å². The first-order valence-corrected chi connectivity index (χ1v) is 11.8. The van der Waals surface area contributed by atoms with E-state index < -0.39 is 0 Å². The number of nitrogens with zero attached hydrogens (tertiary/aromatic N) is 2. The third-order valence-electron chi connectivity index (χ3n) is 5.23. The molecule has 170 valence electrons. The van der Waals surface area contributed by atoms with Crippen LogP contribution in [-0.2, 0) is 6.54 Å². The second kappa shape index (κ2) is 11.7. The van der Waals surface area contributed by atoms with Gasteiger partial charge in [-0.15, -0.1) is 11.3 Å². The van der Waals surface area contributed by atoms with E-state index in [2.05, 4.69) is 40.0 Å². The fraction of sp³-hybridized carbons (Fsp3) is 0.522. The van der Waals surface area contributed by atoms with E-state index in [0.29, 0.717) is 36.4 Å². The molecule has 1 aromatic carbocycles. The highest BCUT2D eigenvalue weighted by Crippen LogP contribution is 2.38. The van der Waals surface area contributed by atoms with Crippen LogP contribution in [0.5, 0.6) is 17.2 Å². The van der Waals surface area contributed by atoms with E-state index in [1.54, 1.807) is 14.2 Å². The zero-order chi connectivity index (χ0) is 22.1. The van der Waals surface area contributed by atoms with Crippen molar-refractivity contribution in [3.05, 3.63) is 35.2 Å². The summed E-state index contributed by atoms with van der Waals surface area (Å²) in [4.78, 5) is 7.27. The molecule has 2 N–H and O–H groups in total. The Kier molecular flexibility index (Phi) is 8.70. The monoisotopic (exact) mass is 446 g/mol. The molecule has 2 aromatic rings. The van der Waals surface area contributed by atoms with Crippen molar-refractivity contribution >= 4 is 22.3 Å². The number of piperidine rings is 1. The van der Waals surface area contributed by atoms with Gasteiger partial charge in [-0.2, -0.15) is 0 Å². The molecule has 1 aromatic heterocycles. The Hall–Kier alpha value is -2.61. The molecular weight excluding hydrogens is 412 g/mol. The fourth-order valence-corrected chi connectivity index (χ4v) is 4.48. The second-order valence-corrected chi connectivity index (χ2v) is 8.24. The van der Waals surface area contributed by atoms with Crippen molar-refractivity contribution in [1.82, 2.24) is 10.6 Å². The highest BCUT2D eigenvalue weighted by molar-refractivity contribution is 7.14. The summed E-state index contributed by atoms with van der Waals surface area (Å²) in [7, 11) is 3.27. The fourth-order valence-electron chi connectivity index (χ4n) is 3.69. The number of thiophene rings is 1. The summed E-state index contributed by atoms with van der Waals surface area (Å²) in [5.74, 6) is 2.78. The number of aliphatic imine (C=N–C) groups is 1. The van der Waals surface area contributed by atoms with Crippen molar-refractivity contribution in [2.75, 3.05) is 45.4 Å². The molecule has 7 nitrogen and oxygen atoms in total. The molecule has 0 bridgehead atoms. The van der Waals surface area contributed by atoms with Crippen LogP contribution in [0.25, 0.3) is 0 Å². The molecule has 0 spiro atoms. The van der Waals surface area contributed by atoms with Gasteiger partial charge in [-0.1, -0.05) is 0 Å². The molecule has 0 amide bonds. The molecule has 1 saturated heterocycles. The summed E-state index contributed by atoms with van der Waals surface area (Å²) in [6.07, 6.45) is 2.18. The lowest BCUT2D eigenvalue weighted by Gasteiger charge is -2.33. The van der Waals surface area contributed by atoms with Gasteiger partial charge in [0.1, 0.15) is 0 Å². The minimum atomic E-state index is 0.415. The Labute approximate surface area is 189 Å². The third-order valence-corrected chi connectivity index (χ3v) is 6.16. The van der Waals surface area contributed by atoms with Crippen LogP contribution in [0.4, 0.5) is 5.00 Å². The molecule has 1 aliphatic heterocycles. The minimum Gasteiger partial charge on any atom is -0.493 e. The summed E-state index contributed by atoms with van der Waals surface area (Å²) in [6, 6.07) is 8.65. The summed E-state index contributed by atoms with van der Waals surface area (Å²) >= 11 is 1.81. The standard InChI is InChI=1S/C23H34N4O3S/c1-5-24-23(26-18-9-11-27(12-10-18)21-8-7-13-31-21)25-16-17-14-19(28-3)22(30-6-2)20(15-17)29-4/h7-8,13-15,18H,5-6,9-12,16H2,1-4H3,(H2,24,25,26). The summed E-state index contributed by atoms with van der Waals surface area (Å²) in [5.41, 5.74) is 1.00. The molecule has 3 rings (SSSR count). The summed E-state index contributed by atoms with van der Waals surface area (Å²) < 4.78 is 16.7. The van der Waals surface area contributed by atoms with Crippen molar-refractivity contribution in [3.63, 3.8) is 0 Å². The van der Waals surface area contributed by atoms with Crippen LogP contribution in [0.2, 0.25) is 0 Å². The molecule has 0 saturated carbocycles. The Morgan fingerprint density at radius 3 is 2.42 bits per heavy atom. The van der Waals surface area contributed by atoms with E-state index >= 15 is 0 Å². The van der Waals surface area contributed by atoms with Crippen LogP contribution in [0.15, 0.2) is 34.6 Å². The number of rotatable bonds is 9. The second-order valence-electron chi connectivity index (χ2n) is 7.31. The van der Waals surface area contributed by atoms with E-state index in [4.69, 9.17) is 19.2 Å².